The summed E-state index contributed by atoms with van der Waals surface area (Å²) in [5.41, 5.74) is 2.85. The molecule has 0 fully saturated rings. The number of aromatic nitrogens is 4. The summed E-state index contributed by atoms with van der Waals surface area (Å²) < 4.78 is 37.9. The number of fused-ring (bicyclic) bond motifs is 1. The second-order valence-electron chi connectivity index (χ2n) is 6.75. The third kappa shape index (κ3) is 3.72. The predicted molar refractivity (Wildman–Crippen MR) is 102 cm³/mol. The number of halogens is 2. The summed E-state index contributed by atoms with van der Waals surface area (Å²) in [5, 5.41) is 15.2. The van der Waals surface area contributed by atoms with Crippen molar-refractivity contribution in [1.29, 1.82) is 0 Å². The van der Waals surface area contributed by atoms with E-state index < -0.39 is 12.7 Å². The van der Waals surface area contributed by atoms with Gasteiger partial charge in [0.25, 0.3) is 0 Å². The zero-order valence-corrected chi connectivity index (χ0v) is 16.0. The number of aryl methyl sites for hydroxylation is 1. The van der Waals surface area contributed by atoms with Gasteiger partial charge in [-0.25, -0.2) is 4.68 Å². The van der Waals surface area contributed by atoms with Gasteiger partial charge in [-0.3, -0.25) is 0 Å². The van der Waals surface area contributed by atoms with E-state index in [9.17, 15) is 8.78 Å². The van der Waals surface area contributed by atoms with E-state index in [0.29, 0.717) is 17.9 Å². The molecule has 1 aromatic heterocycles. The van der Waals surface area contributed by atoms with Crippen LogP contribution in [0, 0.1) is 0 Å². The van der Waals surface area contributed by atoms with E-state index in [1.54, 1.807) is 22.9 Å². The summed E-state index contributed by atoms with van der Waals surface area (Å²) in [6, 6.07) is 12.9. The lowest BCUT2D eigenvalue weighted by Crippen LogP contribution is -2.28. The molecule has 2 aromatic carbocycles. The Morgan fingerprint density at radius 1 is 1.21 bits per heavy atom. The van der Waals surface area contributed by atoms with E-state index in [4.69, 9.17) is 9.47 Å². The van der Waals surface area contributed by atoms with Gasteiger partial charge in [-0.15, -0.1) is 0 Å². The molecule has 1 aliphatic heterocycles. The fourth-order valence-corrected chi connectivity index (χ4v) is 3.67. The van der Waals surface area contributed by atoms with Crippen molar-refractivity contribution < 1.29 is 18.3 Å². The number of nitrogens with one attached hydrogen (secondary N) is 1. The van der Waals surface area contributed by atoms with Crippen LogP contribution >= 0.6 is 0 Å². The van der Waals surface area contributed by atoms with E-state index in [1.807, 2.05) is 0 Å². The van der Waals surface area contributed by atoms with Crippen molar-refractivity contribution in [3.05, 3.63) is 59.2 Å². The van der Waals surface area contributed by atoms with Crippen LogP contribution < -0.4 is 14.8 Å². The first-order valence-electron chi connectivity index (χ1n) is 9.35. The van der Waals surface area contributed by atoms with Gasteiger partial charge in [0.2, 0.25) is 5.95 Å². The fourth-order valence-electron chi connectivity index (χ4n) is 3.67. The van der Waals surface area contributed by atoms with Gasteiger partial charge in [0.05, 0.1) is 19.2 Å². The zero-order chi connectivity index (χ0) is 20.4. The number of anilines is 1. The fraction of sp³-hybridized carbons (Fsp3) is 0.350. The first-order valence-corrected chi connectivity index (χ1v) is 9.35. The molecule has 0 amide bonds. The normalized spacial score (nSPS) is 18.2. The molecule has 0 spiro atoms. The van der Waals surface area contributed by atoms with Gasteiger partial charge in [0.1, 0.15) is 0 Å². The molecule has 7 nitrogen and oxygen atoms in total. The van der Waals surface area contributed by atoms with Crippen LogP contribution in [0.1, 0.15) is 42.1 Å². The van der Waals surface area contributed by atoms with Crippen LogP contribution in [0.4, 0.5) is 14.7 Å². The Morgan fingerprint density at radius 2 is 2.00 bits per heavy atom. The summed E-state index contributed by atoms with van der Waals surface area (Å²) in [5.74, 6) is 0.704. The van der Waals surface area contributed by atoms with Gasteiger partial charge in [0.15, 0.2) is 11.5 Å². The molecule has 1 N–H and O–H groups in total. The molecule has 0 saturated carbocycles. The number of hydrogen-bond acceptors (Lipinski definition) is 6. The molecule has 1 aliphatic rings. The Bertz CT molecular complexity index is 977. The molecule has 152 valence electrons. The highest BCUT2D eigenvalue weighted by Gasteiger charge is 2.33. The van der Waals surface area contributed by atoms with E-state index in [-0.39, 0.29) is 17.5 Å². The predicted octanol–water partition coefficient (Wildman–Crippen LogP) is 3.99. The van der Waals surface area contributed by atoms with E-state index in [1.165, 1.54) is 12.7 Å². The quantitative estimate of drug-likeness (QED) is 0.673. The van der Waals surface area contributed by atoms with Crippen molar-refractivity contribution in [2.45, 2.75) is 38.5 Å². The number of tetrazole rings is 1. The lowest BCUT2D eigenvalue weighted by molar-refractivity contribution is -0.0521. The standard InChI is InChI=1S/C20H21F2N5O2/c1-3-12-7-9-13(10-8-12)15-11-16(27-20(23-15)24-25-26-27)14-5-4-6-17(28-2)18(14)29-19(21)22/h4-10,15-16,19H,3,11H2,1-2H3,(H,23,24,26). The second kappa shape index (κ2) is 8.02. The summed E-state index contributed by atoms with van der Waals surface area (Å²) in [6.07, 6.45) is 1.51. The van der Waals surface area contributed by atoms with Crippen molar-refractivity contribution in [2.75, 3.05) is 12.4 Å². The number of alkyl halides is 2. The third-order valence-corrected chi connectivity index (χ3v) is 5.14. The number of hydrogen-bond donors (Lipinski definition) is 1. The van der Waals surface area contributed by atoms with E-state index in [2.05, 4.69) is 52.0 Å². The third-order valence-electron chi connectivity index (χ3n) is 5.14. The smallest absolute Gasteiger partial charge is 0.387 e. The lowest BCUT2D eigenvalue weighted by atomic mass is 9.92. The average Bonchev–Trinajstić information content (AvgIpc) is 3.22. The van der Waals surface area contributed by atoms with Crippen molar-refractivity contribution in [3.8, 4) is 11.5 Å². The molecule has 9 heteroatoms. The van der Waals surface area contributed by atoms with Gasteiger partial charge < -0.3 is 14.8 Å². The minimum atomic E-state index is -2.97. The summed E-state index contributed by atoms with van der Waals surface area (Å²) in [7, 11) is 1.42. The second-order valence-corrected chi connectivity index (χ2v) is 6.75. The number of methoxy groups -OCH3 is 1. The maximum atomic E-state index is 13.1. The topological polar surface area (TPSA) is 74.1 Å². The monoisotopic (exact) mass is 401 g/mol. The van der Waals surface area contributed by atoms with Crippen LogP contribution in [0.5, 0.6) is 11.5 Å². The highest BCUT2D eigenvalue weighted by molar-refractivity contribution is 5.50. The lowest BCUT2D eigenvalue weighted by Gasteiger charge is -2.32. The van der Waals surface area contributed by atoms with Gasteiger partial charge in [0, 0.05) is 5.56 Å². The Morgan fingerprint density at radius 3 is 2.69 bits per heavy atom. The Labute approximate surface area is 166 Å². The van der Waals surface area contributed by atoms with Crippen LogP contribution in [0.3, 0.4) is 0 Å². The molecular formula is C20H21F2N5O2. The first kappa shape index (κ1) is 19.1. The maximum Gasteiger partial charge on any atom is 0.387 e. The van der Waals surface area contributed by atoms with Crippen LogP contribution in [0.2, 0.25) is 0 Å². The van der Waals surface area contributed by atoms with Gasteiger partial charge >= 0.3 is 6.61 Å². The molecule has 2 heterocycles. The number of para-hydroxylation sites is 1. The molecule has 3 aromatic rings. The summed E-state index contributed by atoms with van der Waals surface area (Å²) in [6.45, 7) is -0.872. The molecule has 29 heavy (non-hydrogen) atoms. The average molecular weight is 401 g/mol. The molecule has 0 radical (unpaired) electrons. The molecule has 0 bridgehead atoms. The summed E-state index contributed by atoms with van der Waals surface area (Å²) in [4.78, 5) is 0. The minimum Gasteiger partial charge on any atom is -0.493 e. The van der Waals surface area contributed by atoms with Gasteiger partial charge in [-0.1, -0.05) is 48.4 Å². The zero-order valence-electron chi connectivity index (χ0n) is 16.0. The van der Waals surface area contributed by atoms with Crippen LogP contribution in [0.15, 0.2) is 42.5 Å². The highest BCUT2D eigenvalue weighted by atomic mass is 19.3. The van der Waals surface area contributed by atoms with Crippen molar-refractivity contribution in [3.63, 3.8) is 0 Å². The SMILES string of the molecule is CCc1ccc(C2CC(c3cccc(OC)c3OC(F)F)n3nnnc3N2)cc1. The molecule has 0 saturated heterocycles. The molecular weight excluding hydrogens is 380 g/mol. The number of benzene rings is 2. The first-order chi connectivity index (χ1) is 14.1. The Hall–Kier alpha value is -3.23. The minimum absolute atomic E-state index is 0.00145. The molecule has 2 unspecified atom stereocenters. The number of nitrogens with zero attached hydrogens (tertiary/aromatic N) is 4. The number of rotatable bonds is 6. The summed E-state index contributed by atoms with van der Waals surface area (Å²) >= 11 is 0. The van der Waals surface area contributed by atoms with Crippen molar-refractivity contribution in [2.24, 2.45) is 0 Å². The highest BCUT2D eigenvalue weighted by Crippen LogP contribution is 2.43. The van der Waals surface area contributed by atoms with Crippen molar-refractivity contribution in [1.82, 2.24) is 20.2 Å². The van der Waals surface area contributed by atoms with Gasteiger partial charge in [-0.05, 0) is 40.5 Å². The Kier molecular flexibility index (Phi) is 5.28. The van der Waals surface area contributed by atoms with Crippen LogP contribution in [-0.2, 0) is 6.42 Å². The number of ether oxygens (including phenoxy) is 2. The molecule has 4 rings (SSSR count). The van der Waals surface area contributed by atoms with E-state index >= 15 is 0 Å². The van der Waals surface area contributed by atoms with Gasteiger partial charge in [-0.2, -0.15) is 8.78 Å². The van der Waals surface area contributed by atoms with Crippen LogP contribution in [0.25, 0.3) is 0 Å². The van der Waals surface area contributed by atoms with Crippen molar-refractivity contribution >= 4 is 5.95 Å². The largest absolute Gasteiger partial charge is 0.493 e. The van der Waals surface area contributed by atoms with Crippen LogP contribution in [-0.4, -0.2) is 33.9 Å². The van der Waals surface area contributed by atoms with E-state index in [0.717, 1.165) is 12.0 Å². The molecule has 0 aliphatic carbocycles. The molecule has 2 atom stereocenters. The maximum absolute atomic E-state index is 13.1. The Balaban J connectivity index is 1.75.